The predicted octanol–water partition coefficient (Wildman–Crippen LogP) is 13.8. The van der Waals surface area contributed by atoms with Gasteiger partial charge in [-0.3, -0.25) is 0 Å². The van der Waals surface area contributed by atoms with Crippen molar-refractivity contribution in [1.29, 1.82) is 0 Å². The summed E-state index contributed by atoms with van der Waals surface area (Å²) in [7, 11) is 0. The third-order valence-corrected chi connectivity index (χ3v) is 10.9. The van der Waals surface area contributed by atoms with Crippen LogP contribution in [0.15, 0.2) is 180 Å². The number of nitrogens with zero attached hydrogens (tertiary/aromatic N) is 1. The van der Waals surface area contributed by atoms with Gasteiger partial charge in [-0.05, 0) is 81.2 Å². The SMILES string of the molecule is CC1(C)c2ccccc2-c2ccc(N(c3ccccc3-c3ccccc3)c3ccccc3-c3ccc4oc5c6ccccc6ccc5c4c3)cc21. The molecule has 0 amide bonds. The molecule has 1 aromatic heterocycles. The summed E-state index contributed by atoms with van der Waals surface area (Å²) in [5.41, 5.74) is 15.1. The third kappa shape index (κ3) is 4.57. The molecular weight excluding hydrogens is 619 g/mol. The highest BCUT2D eigenvalue weighted by Crippen LogP contribution is 2.52. The van der Waals surface area contributed by atoms with Crippen molar-refractivity contribution in [1.82, 2.24) is 0 Å². The molecule has 0 fully saturated rings. The molecule has 1 aliphatic carbocycles. The number of rotatable bonds is 5. The van der Waals surface area contributed by atoms with Crippen LogP contribution in [-0.4, -0.2) is 0 Å². The largest absolute Gasteiger partial charge is 0.455 e. The topological polar surface area (TPSA) is 16.4 Å². The molecule has 9 aromatic rings. The maximum absolute atomic E-state index is 6.52. The lowest BCUT2D eigenvalue weighted by Crippen LogP contribution is -2.17. The number of benzene rings is 8. The van der Waals surface area contributed by atoms with E-state index in [1.165, 1.54) is 38.8 Å². The van der Waals surface area contributed by atoms with Crippen LogP contribution in [0.3, 0.4) is 0 Å². The second-order valence-electron chi connectivity index (χ2n) is 14.1. The van der Waals surface area contributed by atoms with Gasteiger partial charge in [0.15, 0.2) is 0 Å². The van der Waals surface area contributed by atoms with Crippen LogP contribution in [0.5, 0.6) is 0 Å². The fraction of sp³-hybridized carbons (Fsp3) is 0.0612. The lowest BCUT2D eigenvalue weighted by molar-refractivity contribution is 0.660. The Morgan fingerprint density at radius 2 is 1.08 bits per heavy atom. The Labute approximate surface area is 297 Å². The van der Waals surface area contributed by atoms with Gasteiger partial charge >= 0.3 is 0 Å². The van der Waals surface area contributed by atoms with Gasteiger partial charge in [0.2, 0.25) is 0 Å². The van der Waals surface area contributed by atoms with Crippen LogP contribution < -0.4 is 4.90 Å². The van der Waals surface area contributed by atoms with E-state index in [2.05, 4.69) is 195 Å². The molecule has 10 rings (SSSR count). The lowest BCUT2D eigenvalue weighted by Gasteiger charge is -2.31. The summed E-state index contributed by atoms with van der Waals surface area (Å²) < 4.78 is 6.52. The highest BCUT2D eigenvalue weighted by molar-refractivity contribution is 6.15. The summed E-state index contributed by atoms with van der Waals surface area (Å²) in [4.78, 5) is 2.46. The molecular formula is C49H35NO. The second-order valence-corrected chi connectivity index (χ2v) is 14.1. The van der Waals surface area contributed by atoms with Crippen LogP contribution in [0.2, 0.25) is 0 Å². The van der Waals surface area contributed by atoms with Gasteiger partial charge in [-0.25, -0.2) is 0 Å². The first-order chi connectivity index (χ1) is 25.1. The van der Waals surface area contributed by atoms with Gasteiger partial charge in [-0.15, -0.1) is 0 Å². The minimum Gasteiger partial charge on any atom is -0.455 e. The van der Waals surface area contributed by atoms with Gasteiger partial charge in [0.1, 0.15) is 11.2 Å². The fourth-order valence-corrected chi connectivity index (χ4v) is 8.35. The van der Waals surface area contributed by atoms with Crippen LogP contribution in [0, 0.1) is 0 Å². The molecule has 0 unspecified atom stereocenters. The van der Waals surface area contributed by atoms with Gasteiger partial charge in [0, 0.05) is 38.4 Å². The summed E-state index contributed by atoms with van der Waals surface area (Å²) in [5.74, 6) is 0. The van der Waals surface area contributed by atoms with E-state index in [0.717, 1.165) is 55.5 Å². The minimum absolute atomic E-state index is 0.121. The highest BCUT2D eigenvalue weighted by Gasteiger charge is 2.36. The predicted molar refractivity (Wildman–Crippen MR) is 214 cm³/mol. The third-order valence-electron chi connectivity index (χ3n) is 10.9. The minimum atomic E-state index is -0.121. The summed E-state index contributed by atoms with van der Waals surface area (Å²) >= 11 is 0. The maximum Gasteiger partial charge on any atom is 0.143 e. The summed E-state index contributed by atoms with van der Waals surface area (Å²) in [6.45, 7) is 4.70. The number of fused-ring (bicyclic) bond motifs is 8. The number of furan rings is 1. The van der Waals surface area contributed by atoms with Crippen molar-refractivity contribution < 1.29 is 4.42 Å². The van der Waals surface area contributed by atoms with Crippen LogP contribution in [0.25, 0.3) is 66.1 Å². The molecule has 51 heavy (non-hydrogen) atoms. The summed E-state index contributed by atoms with van der Waals surface area (Å²) in [5, 5.41) is 4.58. The van der Waals surface area contributed by atoms with Crippen LogP contribution in [0.1, 0.15) is 25.0 Å². The molecule has 0 saturated carbocycles. The molecule has 2 nitrogen and oxygen atoms in total. The first-order valence-corrected chi connectivity index (χ1v) is 17.7. The molecule has 0 bridgehead atoms. The number of hydrogen-bond donors (Lipinski definition) is 0. The number of para-hydroxylation sites is 2. The number of hydrogen-bond acceptors (Lipinski definition) is 2. The highest BCUT2D eigenvalue weighted by atomic mass is 16.3. The van der Waals surface area contributed by atoms with Crippen molar-refractivity contribution in [2.75, 3.05) is 4.90 Å². The lowest BCUT2D eigenvalue weighted by atomic mass is 9.82. The standard InChI is InChI=1S/C49H35NO/c1-49(2)43-21-11-8-20-39(43)40-28-26-35(31-44(40)49)50(45-22-12-9-17-36(45)32-14-4-3-5-15-32)46-23-13-10-18-37(46)34-25-29-47-42(30-34)41-27-24-33-16-6-7-19-38(33)48(41)51-47/h3-31H,1-2H3. The van der Waals surface area contributed by atoms with E-state index in [0.29, 0.717) is 0 Å². The smallest absolute Gasteiger partial charge is 0.143 e. The Morgan fingerprint density at radius 3 is 1.88 bits per heavy atom. The van der Waals surface area contributed by atoms with E-state index in [9.17, 15) is 0 Å². The molecule has 1 aliphatic rings. The Hall–Kier alpha value is -6.38. The van der Waals surface area contributed by atoms with E-state index < -0.39 is 0 Å². The van der Waals surface area contributed by atoms with E-state index in [1.807, 2.05) is 0 Å². The zero-order valence-electron chi connectivity index (χ0n) is 28.6. The second kappa shape index (κ2) is 11.3. The van der Waals surface area contributed by atoms with Crippen molar-refractivity contribution in [3.05, 3.63) is 187 Å². The number of anilines is 3. The van der Waals surface area contributed by atoms with Gasteiger partial charge in [-0.2, -0.15) is 0 Å². The monoisotopic (exact) mass is 653 g/mol. The molecule has 0 atom stereocenters. The molecule has 1 heterocycles. The van der Waals surface area contributed by atoms with Crippen molar-refractivity contribution >= 4 is 49.8 Å². The van der Waals surface area contributed by atoms with Crippen molar-refractivity contribution in [3.63, 3.8) is 0 Å². The average Bonchev–Trinajstić information content (AvgIpc) is 3.67. The van der Waals surface area contributed by atoms with Crippen molar-refractivity contribution in [2.24, 2.45) is 0 Å². The molecule has 0 N–H and O–H groups in total. The van der Waals surface area contributed by atoms with Crippen molar-refractivity contribution in [3.8, 4) is 33.4 Å². The average molecular weight is 654 g/mol. The molecule has 0 saturated heterocycles. The summed E-state index contributed by atoms with van der Waals surface area (Å²) in [6.07, 6.45) is 0. The van der Waals surface area contributed by atoms with Crippen LogP contribution in [0.4, 0.5) is 17.1 Å². The molecule has 0 radical (unpaired) electrons. The van der Waals surface area contributed by atoms with Gasteiger partial charge < -0.3 is 9.32 Å². The molecule has 242 valence electrons. The normalized spacial score (nSPS) is 13.1. The van der Waals surface area contributed by atoms with E-state index in [-0.39, 0.29) is 5.41 Å². The van der Waals surface area contributed by atoms with Gasteiger partial charge in [-0.1, -0.05) is 147 Å². The molecule has 8 aromatic carbocycles. The Kier molecular flexibility index (Phi) is 6.56. The van der Waals surface area contributed by atoms with Crippen LogP contribution in [-0.2, 0) is 5.41 Å². The first-order valence-electron chi connectivity index (χ1n) is 17.7. The first kappa shape index (κ1) is 29.5. The quantitative estimate of drug-likeness (QED) is 0.184. The molecule has 0 spiro atoms. The zero-order chi connectivity index (χ0) is 34.1. The molecule has 0 aliphatic heterocycles. The fourth-order valence-electron chi connectivity index (χ4n) is 8.35. The van der Waals surface area contributed by atoms with Gasteiger partial charge in [0.25, 0.3) is 0 Å². The van der Waals surface area contributed by atoms with E-state index in [4.69, 9.17) is 4.42 Å². The Morgan fingerprint density at radius 1 is 0.431 bits per heavy atom. The maximum atomic E-state index is 6.52. The zero-order valence-corrected chi connectivity index (χ0v) is 28.6. The van der Waals surface area contributed by atoms with E-state index in [1.54, 1.807) is 0 Å². The summed E-state index contributed by atoms with van der Waals surface area (Å²) in [6, 6.07) is 63.7. The molecule has 2 heteroatoms. The van der Waals surface area contributed by atoms with Crippen molar-refractivity contribution in [2.45, 2.75) is 19.3 Å². The van der Waals surface area contributed by atoms with Gasteiger partial charge in [0.05, 0.1) is 11.4 Å². The van der Waals surface area contributed by atoms with E-state index >= 15 is 0 Å². The Balaban J connectivity index is 1.21. The Bertz CT molecular complexity index is 2790. The van der Waals surface area contributed by atoms with Crippen LogP contribution >= 0.6 is 0 Å².